The molecule has 0 fully saturated rings. The van der Waals surface area contributed by atoms with E-state index < -0.39 is 10.8 Å². The van der Waals surface area contributed by atoms with E-state index in [2.05, 4.69) is 10.4 Å². The van der Waals surface area contributed by atoms with Crippen LogP contribution in [-0.4, -0.2) is 41.4 Å². The van der Waals surface area contributed by atoms with Crippen molar-refractivity contribution in [3.05, 3.63) is 45.3 Å². The number of methoxy groups -OCH3 is 2. The van der Waals surface area contributed by atoms with Crippen LogP contribution < -0.4 is 14.8 Å². The van der Waals surface area contributed by atoms with E-state index in [1.165, 1.54) is 26.4 Å². The molecule has 0 aliphatic heterocycles. The Morgan fingerprint density at radius 3 is 2.41 bits per heavy atom. The van der Waals surface area contributed by atoms with Crippen LogP contribution in [0.5, 0.6) is 11.5 Å². The zero-order chi connectivity index (χ0) is 20.1. The van der Waals surface area contributed by atoms with E-state index in [1.807, 2.05) is 31.5 Å². The molecule has 0 aliphatic rings. The Hall–Kier alpha value is -3.10. The van der Waals surface area contributed by atoms with Crippen molar-refractivity contribution in [2.45, 2.75) is 27.3 Å². The molecule has 1 atom stereocenters. The van der Waals surface area contributed by atoms with Gasteiger partial charge in [0.2, 0.25) is 0 Å². The molecule has 0 bridgehead atoms. The van der Waals surface area contributed by atoms with Gasteiger partial charge in [-0.3, -0.25) is 19.6 Å². The third kappa shape index (κ3) is 4.75. The van der Waals surface area contributed by atoms with Crippen molar-refractivity contribution in [3.8, 4) is 11.5 Å². The number of aryl methyl sites for hydroxylation is 2. The van der Waals surface area contributed by atoms with Crippen LogP contribution in [0.1, 0.15) is 28.7 Å². The van der Waals surface area contributed by atoms with Gasteiger partial charge >= 0.3 is 0 Å². The predicted molar refractivity (Wildman–Crippen MR) is 99.4 cm³/mol. The maximum absolute atomic E-state index is 12.5. The van der Waals surface area contributed by atoms with Gasteiger partial charge < -0.3 is 14.8 Å². The highest BCUT2D eigenvalue weighted by Gasteiger charge is 2.24. The van der Waals surface area contributed by atoms with Crippen molar-refractivity contribution >= 4 is 11.6 Å². The Balaban J connectivity index is 2.12. The van der Waals surface area contributed by atoms with Gasteiger partial charge in [0.15, 0.2) is 11.5 Å². The van der Waals surface area contributed by atoms with Crippen LogP contribution in [0.3, 0.4) is 0 Å². The molecule has 0 radical (unpaired) electrons. The lowest BCUT2D eigenvalue weighted by atomic mass is 10.1. The Bertz CT molecular complexity index is 847. The molecule has 2 aromatic rings. The zero-order valence-corrected chi connectivity index (χ0v) is 16.1. The molecule has 1 aromatic carbocycles. The maximum Gasteiger partial charge on any atom is 0.286 e. The van der Waals surface area contributed by atoms with Crippen molar-refractivity contribution in [1.82, 2.24) is 15.1 Å². The summed E-state index contributed by atoms with van der Waals surface area (Å²) >= 11 is 0. The van der Waals surface area contributed by atoms with Gasteiger partial charge in [0.1, 0.15) is 5.56 Å². The summed E-state index contributed by atoms with van der Waals surface area (Å²) in [5.74, 6) is -0.00314. The van der Waals surface area contributed by atoms with Crippen LogP contribution in [0.25, 0.3) is 0 Å². The van der Waals surface area contributed by atoms with Crippen molar-refractivity contribution in [2.75, 3.05) is 20.8 Å². The molecule has 0 unspecified atom stereocenters. The SMILES string of the molecule is COc1cc(C(=O)NC[C@H](C)Cn2nc(C)cc2C)c([N+](=O)[O-])cc1OC. The standard InChI is InChI=1S/C18H24N4O5/c1-11(10-21-13(3)6-12(2)20-21)9-19-18(23)14-7-16(26-4)17(27-5)8-15(14)22(24)25/h6-8,11H,9-10H2,1-5H3,(H,19,23)/t11-/m0/s1. The molecule has 9 nitrogen and oxygen atoms in total. The second-order valence-electron chi connectivity index (χ2n) is 6.41. The molecule has 0 aliphatic carbocycles. The largest absolute Gasteiger partial charge is 0.493 e. The van der Waals surface area contributed by atoms with Crippen molar-refractivity contribution < 1.29 is 19.2 Å². The van der Waals surface area contributed by atoms with E-state index in [9.17, 15) is 14.9 Å². The molecule has 1 amide bonds. The number of nitro benzene ring substituents is 1. The van der Waals surface area contributed by atoms with Crippen molar-refractivity contribution in [2.24, 2.45) is 5.92 Å². The van der Waals surface area contributed by atoms with Crippen molar-refractivity contribution in [3.63, 3.8) is 0 Å². The second-order valence-corrected chi connectivity index (χ2v) is 6.41. The number of nitrogens with one attached hydrogen (secondary N) is 1. The number of carbonyl (C=O) groups is 1. The molecule has 146 valence electrons. The monoisotopic (exact) mass is 376 g/mol. The summed E-state index contributed by atoms with van der Waals surface area (Å²) in [7, 11) is 2.78. The minimum Gasteiger partial charge on any atom is -0.493 e. The molecule has 2 rings (SSSR count). The van der Waals surface area contributed by atoms with E-state index in [-0.39, 0.29) is 28.7 Å². The van der Waals surface area contributed by atoms with Gasteiger partial charge in [-0.25, -0.2) is 0 Å². The number of carbonyl (C=O) groups excluding carboxylic acids is 1. The summed E-state index contributed by atoms with van der Waals surface area (Å²) in [6, 6.07) is 4.49. The van der Waals surface area contributed by atoms with Crippen LogP contribution in [-0.2, 0) is 6.54 Å². The quantitative estimate of drug-likeness (QED) is 0.560. The summed E-state index contributed by atoms with van der Waals surface area (Å²) in [6.07, 6.45) is 0. The first-order valence-electron chi connectivity index (χ1n) is 8.46. The van der Waals surface area contributed by atoms with Crippen LogP contribution in [0, 0.1) is 29.9 Å². The number of hydrogen-bond acceptors (Lipinski definition) is 6. The number of nitro groups is 1. The number of amides is 1. The first kappa shape index (κ1) is 20.2. The van der Waals surface area contributed by atoms with Gasteiger partial charge in [0.05, 0.1) is 30.9 Å². The van der Waals surface area contributed by atoms with Crippen molar-refractivity contribution in [1.29, 1.82) is 0 Å². The van der Waals surface area contributed by atoms with E-state index in [1.54, 1.807) is 0 Å². The Morgan fingerprint density at radius 1 is 1.26 bits per heavy atom. The highest BCUT2D eigenvalue weighted by molar-refractivity contribution is 5.99. The van der Waals surface area contributed by atoms with Crippen LogP contribution in [0.15, 0.2) is 18.2 Å². The van der Waals surface area contributed by atoms with Gasteiger partial charge in [-0.05, 0) is 25.8 Å². The first-order chi connectivity index (χ1) is 12.8. The van der Waals surface area contributed by atoms with E-state index in [0.29, 0.717) is 13.1 Å². The molecule has 27 heavy (non-hydrogen) atoms. The van der Waals surface area contributed by atoms with Gasteiger partial charge in [0.25, 0.3) is 11.6 Å². The number of rotatable bonds is 8. The molecule has 0 spiro atoms. The smallest absolute Gasteiger partial charge is 0.286 e. The average molecular weight is 376 g/mol. The lowest BCUT2D eigenvalue weighted by molar-refractivity contribution is -0.385. The average Bonchev–Trinajstić information content (AvgIpc) is 2.95. The molecule has 0 saturated carbocycles. The van der Waals surface area contributed by atoms with Crippen LogP contribution in [0.2, 0.25) is 0 Å². The highest BCUT2D eigenvalue weighted by Crippen LogP contribution is 2.34. The molecular formula is C18H24N4O5. The minimum absolute atomic E-state index is 0.0732. The lowest BCUT2D eigenvalue weighted by Gasteiger charge is -2.15. The summed E-state index contributed by atoms with van der Waals surface area (Å²) in [5.41, 5.74) is 1.57. The highest BCUT2D eigenvalue weighted by atomic mass is 16.6. The topological polar surface area (TPSA) is 109 Å². The molecule has 0 saturated heterocycles. The molecule has 9 heteroatoms. The number of nitrogens with zero attached hydrogens (tertiary/aromatic N) is 3. The molecule has 1 aromatic heterocycles. The lowest BCUT2D eigenvalue weighted by Crippen LogP contribution is -2.30. The fourth-order valence-corrected chi connectivity index (χ4v) is 2.78. The van der Waals surface area contributed by atoms with Gasteiger partial charge in [0, 0.05) is 24.8 Å². The fourth-order valence-electron chi connectivity index (χ4n) is 2.78. The normalized spacial score (nSPS) is 11.7. The number of hydrogen-bond donors (Lipinski definition) is 1. The van der Waals surface area contributed by atoms with E-state index in [4.69, 9.17) is 9.47 Å². The summed E-state index contributed by atoms with van der Waals surface area (Å²) < 4.78 is 12.1. The van der Waals surface area contributed by atoms with E-state index in [0.717, 1.165) is 11.4 Å². The summed E-state index contributed by atoms with van der Waals surface area (Å²) in [6.45, 7) is 6.85. The Labute approximate surface area is 157 Å². The molecular weight excluding hydrogens is 352 g/mol. The summed E-state index contributed by atoms with van der Waals surface area (Å²) in [4.78, 5) is 23.2. The fraction of sp³-hybridized carbons (Fsp3) is 0.444. The molecule has 1 N–H and O–H groups in total. The van der Waals surface area contributed by atoms with Gasteiger partial charge in [-0.15, -0.1) is 0 Å². The maximum atomic E-state index is 12.5. The third-order valence-corrected chi connectivity index (χ3v) is 4.14. The molecule has 1 heterocycles. The van der Waals surface area contributed by atoms with Crippen LogP contribution >= 0.6 is 0 Å². The third-order valence-electron chi connectivity index (χ3n) is 4.14. The van der Waals surface area contributed by atoms with Gasteiger partial charge in [-0.1, -0.05) is 6.92 Å². The summed E-state index contributed by atoms with van der Waals surface area (Å²) in [5, 5.41) is 18.5. The first-order valence-corrected chi connectivity index (χ1v) is 8.46. The predicted octanol–water partition coefficient (Wildman–Crippen LogP) is 2.49. The number of ether oxygens (including phenoxy) is 2. The van der Waals surface area contributed by atoms with E-state index >= 15 is 0 Å². The van der Waals surface area contributed by atoms with Gasteiger partial charge in [-0.2, -0.15) is 5.10 Å². The Morgan fingerprint density at radius 2 is 1.89 bits per heavy atom. The zero-order valence-electron chi connectivity index (χ0n) is 16.1. The second kappa shape index (κ2) is 8.52. The number of benzene rings is 1. The van der Waals surface area contributed by atoms with Crippen LogP contribution in [0.4, 0.5) is 5.69 Å². The Kier molecular flexibility index (Phi) is 6.38. The minimum atomic E-state index is -0.615. The number of aromatic nitrogens is 2.